The summed E-state index contributed by atoms with van der Waals surface area (Å²) in [6.07, 6.45) is 12.1. The Kier molecular flexibility index (Phi) is 10.5. The zero-order chi connectivity index (χ0) is 15.2. The molecule has 0 unspecified atom stereocenters. The summed E-state index contributed by atoms with van der Waals surface area (Å²) in [5.41, 5.74) is 6.91. The lowest BCUT2D eigenvalue weighted by molar-refractivity contribution is 0.0954. The normalized spacial score (nSPS) is 8.60. The predicted octanol–water partition coefficient (Wildman–Crippen LogP) is 1.97. The average Bonchev–Trinajstić information content (AvgIpc) is 2.49. The minimum atomic E-state index is -0.0621. The van der Waals surface area contributed by atoms with Crippen LogP contribution in [0.15, 0.2) is 24.3 Å². The van der Waals surface area contributed by atoms with Gasteiger partial charge < -0.3 is 11.1 Å². The van der Waals surface area contributed by atoms with Crippen molar-refractivity contribution in [2.45, 2.75) is 26.2 Å². The van der Waals surface area contributed by atoms with Gasteiger partial charge in [0.25, 0.3) is 5.91 Å². The number of hydrogen-bond donors (Lipinski definition) is 2. The summed E-state index contributed by atoms with van der Waals surface area (Å²) in [5.74, 6) is 4.81. The second-order valence-electron chi connectivity index (χ2n) is 4.00. The maximum absolute atomic E-state index is 11.5. The highest BCUT2D eigenvalue weighted by molar-refractivity contribution is 5.94. The van der Waals surface area contributed by atoms with Crippen LogP contribution in [0.2, 0.25) is 0 Å². The van der Waals surface area contributed by atoms with Crippen molar-refractivity contribution in [3.8, 4) is 24.7 Å². The number of nitrogens with two attached hydrogens (primary N) is 1. The lowest BCUT2D eigenvalue weighted by Crippen LogP contribution is -2.24. The van der Waals surface area contributed by atoms with Gasteiger partial charge >= 0.3 is 0 Å². The number of benzene rings is 1. The summed E-state index contributed by atoms with van der Waals surface area (Å²) < 4.78 is 0. The number of carbonyl (C=O) groups is 1. The molecule has 0 fully saturated rings. The molecule has 0 heterocycles. The van der Waals surface area contributed by atoms with Crippen LogP contribution in [-0.4, -0.2) is 19.0 Å². The Hall–Kier alpha value is -2.23. The fourth-order valence-electron chi connectivity index (χ4n) is 1.33. The van der Waals surface area contributed by atoms with E-state index in [-0.39, 0.29) is 5.91 Å². The molecule has 0 spiro atoms. The Balaban J connectivity index is 0.000000621. The Morgan fingerprint density at radius 1 is 1.20 bits per heavy atom. The van der Waals surface area contributed by atoms with Gasteiger partial charge in [0.1, 0.15) is 0 Å². The molecule has 0 aromatic heterocycles. The van der Waals surface area contributed by atoms with Crippen LogP contribution >= 0.6 is 0 Å². The van der Waals surface area contributed by atoms with Crippen molar-refractivity contribution in [3.63, 3.8) is 0 Å². The smallest absolute Gasteiger partial charge is 0.251 e. The van der Waals surface area contributed by atoms with Gasteiger partial charge in [0.15, 0.2) is 0 Å². The van der Waals surface area contributed by atoms with E-state index in [4.69, 9.17) is 18.6 Å². The van der Waals surface area contributed by atoms with E-state index < -0.39 is 0 Å². The van der Waals surface area contributed by atoms with Crippen molar-refractivity contribution in [2.24, 2.45) is 5.73 Å². The third-order valence-corrected chi connectivity index (χ3v) is 2.47. The average molecular weight is 270 g/mol. The molecule has 1 aromatic carbocycles. The van der Waals surface area contributed by atoms with Crippen molar-refractivity contribution < 1.29 is 4.79 Å². The van der Waals surface area contributed by atoms with E-state index in [9.17, 15) is 4.79 Å². The highest BCUT2D eigenvalue weighted by Crippen LogP contribution is 2.04. The first-order chi connectivity index (χ1) is 9.69. The standard InChI is InChI=1S/C13H15NO.C4H7N/c1-3-5-10-14-13(15)12-8-6-11(4-2)7-9-12;1-2-3-4-5/h1,6-9H,4-5,10H2,2H3,(H,14,15);1H,3-5H2. The molecule has 20 heavy (non-hydrogen) atoms. The van der Waals surface area contributed by atoms with E-state index >= 15 is 0 Å². The number of aryl methyl sites for hydroxylation is 1. The molecule has 3 heteroatoms. The van der Waals surface area contributed by atoms with Gasteiger partial charge in [-0.05, 0) is 24.1 Å². The number of rotatable bonds is 5. The van der Waals surface area contributed by atoms with Crippen molar-refractivity contribution in [2.75, 3.05) is 13.1 Å². The molecule has 0 saturated carbocycles. The number of amides is 1. The molecule has 0 aliphatic rings. The fourth-order valence-corrected chi connectivity index (χ4v) is 1.33. The third-order valence-electron chi connectivity index (χ3n) is 2.47. The molecule has 1 rings (SSSR count). The van der Waals surface area contributed by atoms with E-state index in [1.54, 1.807) is 0 Å². The topological polar surface area (TPSA) is 55.1 Å². The van der Waals surface area contributed by atoms with Gasteiger partial charge in [-0.2, -0.15) is 0 Å². The summed E-state index contributed by atoms with van der Waals surface area (Å²) in [6.45, 7) is 3.23. The Morgan fingerprint density at radius 3 is 2.20 bits per heavy atom. The number of terminal acetylenes is 2. The molecule has 0 radical (unpaired) electrons. The number of hydrogen-bond acceptors (Lipinski definition) is 2. The summed E-state index contributed by atoms with van der Waals surface area (Å²) in [7, 11) is 0. The van der Waals surface area contributed by atoms with Gasteiger partial charge in [0.2, 0.25) is 0 Å². The van der Waals surface area contributed by atoms with Crippen LogP contribution in [0.1, 0.15) is 35.7 Å². The summed E-state index contributed by atoms with van der Waals surface area (Å²) in [6, 6.07) is 7.61. The van der Waals surface area contributed by atoms with E-state index in [2.05, 4.69) is 24.1 Å². The molecule has 0 aliphatic heterocycles. The van der Waals surface area contributed by atoms with Crippen molar-refractivity contribution in [3.05, 3.63) is 35.4 Å². The van der Waals surface area contributed by atoms with Gasteiger partial charge in [-0.3, -0.25) is 4.79 Å². The van der Waals surface area contributed by atoms with E-state index in [0.717, 1.165) is 6.42 Å². The Morgan fingerprint density at radius 2 is 1.80 bits per heavy atom. The van der Waals surface area contributed by atoms with Gasteiger partial charge in [-0.1, -0.05) is 19.1 Å². The summed E-state index contributed by atoms with van der Waals surface area (Å²) in [4.78, 5) is 11.5. The van der Waals surface area contributed by atoms with E-state index in [1.165, 1.54) is 5.56 Å². The van der Waals surface area contributed by atoms with E-state index in [1.807, 2.05) is 24.3 Å². The number of carbonyl (C=O) groups excluding carboxylic acids is 1. The van der Waals surface area contributed by atoms with Gasteiger partial charge in [0.05, 0.1) is 0 Å². The van der Waals surface area contributed by atoms with Crippen LogP contribution in [-0.2, 0) is 6.42 Å². The Labute approximate surface area is 122 Å². The molecular formula is C17H22N2O. The zero-order valence-corrected chi connectivity index (χ0v) is 12.0. The molecule has 1 aromatic rings. The lowest BCUT2D eigenvalue weighted by Gasteiger charge is -2.03. The molecule has 0 atom stereocenters. The molecule has 1 amide bonds. The maximum Gasteiger partial charge on any atom is 0.251 e. The molecule has 0 saturated heterocycles. The van der Waals surface area contributed by atoms with Crippen molar-refractivity contribution in [1.82, 2.24) is 5.32 Å². The van der Waals surface area contributed by atoms with Crippen LogP contribution in [0, 0.1) is 24.7 Å². The lowest BCUT2D eigenvalue weighted by atomic mass is 10.1. The quantitative estimate of drug-likeness (QED) is 0.635. The molecule has 0 aliphatic carbocycles. The van der Waals surface area contributed by atoms with Gasteiger partial charge in [-0.15, -0.1) is 24.7 Å². The number of nitrogens with one attached hydrogen (secondary N) is 1. The van der Waals surface area contributed by atoms with Crippen LogP contribution in [0.3, 0.4) is 0 Å². The van der Waals surface area contributed by atoms with Crippen LogP contribution < -0.4 is 11.1 Å². The fraction of sp³-hybridized carbons (Fsp3) is 0.353. The van der Waals surface area contributed by atoms with Gasteiger partial charge in [0, 0.05) is 31.5 Å². The van der Waals surface area contributed by atoms with Gasteiger partial charge in [-0.25, -0.2) is 0 Å². The first kappa shape index (κ1) is 17.8. The first-order valence-corrected chi connectivity index (χ1v) is 6.63. The summed E-state index contributed by atoms with van der Waals surface area (Å²) in [5, 5.41) is 2.76. The molecule has 106 valence electrons. The summed E-state index contributed by atoms with van der Waals surface area (Å²) >= 11 is 0. The molecular weight excluding hydrogens is 248 g/mol. The molecule has 0 bridgehead atoms. The monoisotopic (exact) mass is 270 g/mol. The SMILES string of the molecule is C#CCCN.C#CCCNC(=O)c1ccc(CC)cc1. The minimum Gasteiger partial charge on any atom is -0.351 e. The largest absolute Gasteiger partial charge is 0.351 e. The maximum atomic E-state index is 11.5. The second kappa shape index (κ2) is 11.8. The Bertz CT molecular complexity index is 463. The second-order valence-corrected chi connectivity index (χ2v) is 4.00. The predicted molar refractivity (Wildman–Crippen MR) is 84.1 cm³/mol. The van der Waals surface area contributed by atoms with Crippen LogP contribution in [0.25, 0.3) is 0 Å². The molecule has 3 nitrogen and oxygen atoms in total. The van der Waals surface area contributed by atoms with Crippen molar-refractivity contribution in [1.29, 1.82) is 0 Å². The zero-order valence-electron chi connectivity index (χ0n) is 12.0. The first-order valence-electron chi connectivity index (χ1n) is 6.63. The highest BCUT2D eigenvalue weighted by Gasteiger charge is 2.03. The third kappa shape index (κ3) is 7.97. The van der Waals surface area contributed by atoms with E-state index in [0.29, 0.717) is 31.5 Å². The van der Waals surface area contributed by atoms with Crippen LogP contribution in [0.4, 0.5) is 0 Å². The molecule has 3 N–H and O–H groups in total. The van der Waals surface area contributed by atoms with Crippen molar-refractivity contribution >= 4 is 5.91 Å². The minimum absolute atomic E-state index is 0.0621. The van der Waals surface area contributed by atoms with Crippen LogP contribution in [0.5, 0.6) is 0 Å². The highest BCUT2D eigenvalue weighted by atomic mass is 16.1.